The van der Waals surface area contributed by atoms with E-state index in [1.165, 1.54) is 23.9 Å². The van der Waals surface area contributed by atoms with Crippen LogP contribution in [0.3, 0.4) is 0 Å². The highest BCUT2D eigenvalue weighted by molar-refractivity contribution is 7.98. The Bertz CT molecular complexity index is 2670. The van der Waals surface area contributed by atoms with Crippen LogP contribution in [0.2, 0.25) is 0 Å². The van der Waals surface area contributed by atoms with Gasteiger partial charge >= 0.3 is 11.9 Å². The number of guanidine groups is 1. The summed E-state index contributed by atoms with van der Waals surface area (Å²) in [6.45, 7) is -1.34. The number of nitrogens with one attached hydrogen (secondary N) is 8. The number of benzene rings is 2. The fraction of sp³-hybridized carbons (Fsp3) is 0.537. The Kier molecular flexibility index (Phi) is 31.4. The van der Waals surface area contributed by atoms with Crippen LogP contribution in [-0.4, -0.2) is 201 Å². The summed E-state index contributed by atoms with van der Waals surface area (Å²) in [6, 6.07) is 0.917. The van der Waals surface area contributed by atoms with Gasteiger partial charge in [0.2, 0.25) is 59.1 Å². The Balaban J connectivity index is 1.82. The molecule has 31 nitrogen and oxygen atoms in total. The zero-order valence-corrected chi connectivity index (χ0v) is 48.5. The van der Waals surface area contributed by atoms with Gasteiger partial charge in [-0.25, -0.2) is 4.79 Å². The second-order valence-electron chi connectivity index (χ2n) is 20.2. The number of nitrogens with two attached hydrogens (primary N) is 5. The number of rotatable bonds is 39. The standard InChI is InChI=1S/C54H81N15O16S/c1-86-24-20-35(47(78)65-36(18-19-42(57)72)52(83)69-23-8-13-41(69)51(82)61-28-43(73)62-37(53(84)85)12-7-22-60-54(58)59)64-49(80)39(27-44(74)75)67-46(77)34(11-5-6-21-55)63-48(79)38(26-30-9-3-2-4-10-30)66-50(81)40(29-70)68-45(76)33(56)25-31-14-16-32(71)17-15-31/h2-4,9-10,14-17,33-41,70-71H,5-8,11-13,18-29,55-56H2,1H3,(H2,57,72)(H,61,82)(H,62,73)(H,63,79)(H,64,80)(H,65,78)(H,66,81)(H,67,77)(H,68,76)(H,74,75)(H,84,85)(H4,58,59,60)/t33-,34-,35-,36-,37-,38-,39-,40-,41-/m0/s1. The molecule has 3 rings (SSSR count). The summed E-state index contributed by atoms with van der Waals surface area (Å²) in [7, 11) is 0. The molecule has 1 fully saturated rings. The maximum atomic E-state index is 14.3. The van der Waals surface area contributed by atoms with Crippen LogP contribution in [0.15, 0.2) is 59.6 Å². The van der Waals surface area contributed by atoms with E-state index in [-0.39, 0.29) is 94.9 Å². The number of carbonyl (C=O) groups is 12. The molecule has 0 aromatic heterocycles. The number of aliphatic carboxylic acids is 2. The molecular weight excluding hydrogens is 1150 g/mol. The van der Waals surface area contributed by atoms with Crippen LogP contribution < -0.4 is 71.2 Å². The van der Waals surface area contributed by atoms with Gasteiger partial charge < -0.3 is 96.5 Å². The zero-order chi connectivity index (χ0) is 63.9. The molecule has 0 aliphatic carbocycles. The van der Waals surface area contributed by atoms with Gasteiger partial charge in [-0.3, -0.25) is 57.7 Å². The van der Waals surface area contributed by atoms with Crippen LogP contribution in [0.5, 0.6) is 5.75 Å². The molecule has 0 unspecified atom stereocenters. The van der Waals surface area contributed by atoms with Crippen LogP contribution in [0.25, 0.3) is 0 Å². The average Bonchev–Trinajstić information content (AvgIpc) is 2.90. The molecule has 9 atom stereocenters. The first-order valence-electron chi connectivity index (χ1n) is 27.7. The Hall–Kier alpha value is -8.62. The van der Waals surface area contributed by atoms with Gasteiger partial charge in [0, 0.05) is 25.9 Å². The molecule has 1 aliphatic rings. The first-order chi connectivity index (χ1) is 40.9. The largest absolute Gasteiger partial charge is 0.508 e. The number of amides is 10. The third-order valence-corrected chi connectivity index (χ3v) is 14.1. The zero-order valence-electron chi connectivity index (χ0n) is 47.7. The number of likely N-dealkylation sites (tertiary alicyclic amines) is 1. The van der Waals surface area contributed by atoms with Gasteiger partial charge in [-0.15, -0.1) is 0 Å². The van der Waals surface area contributed by atoms with E-state index < -0.39 is 151 Å². The van der Waals surface area contributed by atoms with E-state index in [2.05, 4.69) is 47.5 Å². The topological polar surface area (TPSA) is 528 Å². The third kappa shape index (κ3) is 25.7. The van der Waals surface area contributed by atoms with Crippen molar-refractivity contribution in [1.82, 2.24) is 47.4 Å². The van der Waals surface area contributed by atoms with Crippen molar-refractivity contribution < 1.29 is 78.0 Å². The van der Waals surface area contributed by atoms with E-state index in [1.807, 2.05) is 0 Å². The number of hydrogen-bond donors (Lipinski definition) is 17. The van der Waals surface area contributed by atoms with Crippen molar-refractivity contribution in [2.24, 2.45) is 33.7 Å². The Morgan fingerprint density at radius 1 is 0.651 bits per heavy atom. The smallest absolute Gasteiger partial charge is 0.326 e. The normalized spacial score (nSPS) is 15.5. The summed E-state index contributed by atoms with van der Waals surface area (Å²) in [6.07, 6.45) is 0.517. The minimum atomic E-state index is -1.91. The number of primary amides is 1. The fourth-order valence-electron chi connectivity index (χ4n) is 8.86. The molecule has 22 N–H and O–H groups in total. The summed E-state index contributed by atoms with van der Waals surface area (Å²) in [4.78, 5) is 165. The predicted octanol–water partition coefficient (Wildman–Crippen LogP) is -5.24. The molecule has 1 heterocycles. The number of phenolic OH excluding ortho intramolecular Hbond substituents is 1. The van der Waals surface area contributed by atoms with Gasteiger partial charge in [0.1, 0.15) is 54.1 Å². The van der Waals surface area contributed by atoms with Gasteiger partial charge in [-0.2, -0.15) is 11.8 Å². The molecule has 2 aromatic rings. The molecule has 0 bridgehead atoms. The highest BCUT2D eigenvalue weighted by Gasteiger charge is 2.40. The molecule has 0 radical (unpaired) electrons. The number of carbonyl (C=O) groups excluding carboxylic acids is 10. The molecule has 1 saturated heterocycles. The van der Waals surface area contributed by atoms with E-state index in [1.54, 1.807) is 48.7 Å². The first kappa shape index (κ1) is 71.6. The highest BCUT2D eigenvalue weighted by Crippen LogP contribution is 2.21. The SMILES string of the molecule is CSCC[C@H](NC(=O)[C@H](CC(=O)O)NC(=O)[C@H](CCCCN)NC(=O)[C@H](Cc1ccccc1)NC(=O)[C@H](CO)NC(=O)[C@@H](N)Cc1ccc(O)cc1)C(=O)N[C@@H](CCC(N)=O)C(=O)N1CCC[C@H]1C(=O)NCC(=O)N[C@@H](CCCN=C(N)N)C(=O)O. The Morgan fingerprint density at radius 2 is 1.21 bits per heavy atom. The van der Waals surface area contributed by atoms with Crippen LogP contribution >= 0.6 is 11.8 Å². The number of hydrogen-bond acceptors (Lipinski definition) is 18. The van der Waals surface area contributed by atoms with E-state index in [4.69, 9.17) is 28.7 Å². The van der Waals surface area contributed by atoms with Crippen LogP contribution in [0.4, 0.5) is 0 Å². The summed E-state index contributed by atoms with van der Waals surface area (Å²) in [5.74, 6) is -12.3. The van der Waals surface area contributed by atoms with Crippen molar-refractivity contribution >= 4 is 88.7 Å². The summed E-state index contributed by atoms with van der Waals surface area (Å²) >= 11 is 1.25. The van der Waals surface area contributed by atoms with Crippen molar-refractivity contribution in [3.05, 3.63) is 65.7 Å². The summed E-state index contributed by atoms with van der Waals surface area (Å²) in [5.41, 5.74) is 29.0. The molecule has 0 spiro atoms. The van der Waals surface area contributed by atoms with Gasteiger partial charge in [0.15, 0.2) is 5.96 Å². The number of aliphatic hydroxyl groups excluding tert-OH is 1. The van der Waals surface area contributed by atoms with Crippen LogP contribution in [0, 0.1) is 0 Å². The average molecular weight is 1230 g/mol. The molecule has 0 saturated carbocycles. The van der Waals surface area contributed by atoms with Crippen LogP contribution in [0.1, 0.15) is 81.8 Å². The number of aliphatic imine (C=N–C) groups is 1. The number of thioether (sulfide) groups is 1. The van der Waals surface area contributed by atoms with E-state index in [9.17, 15) is 78.0 Å². The fourth-order valence-corrected chi connectivity index (χ4v) is 9.33. The van der Waals surface area contributed by atoms with Gasteiger partial charge in [0.05, 0.1) is 25.6 Å². The third-order valence-electron chi connectivity index (χ3n) is 13.4. The minimum Gasteiger partial charge on any atom is -0.508 e. The lowest BCUT2D eigenvalue weighted by atomic mass is 10.0. The van der Waals surface area contributed by atoms with Gasteiger partial charge in [0.25, 0.3) is 0 Å². The first-order valence-corrected chi connectivity index (χ1v) is 29.1. The second kappa shape index (κ2) is 37.6. The maximum absolute atomic E-state index is 14.3. The van der Waals surface area contributed by atoms with Crippen molar-refractivity contribution in [3.8, 4) is 5.75 Å². The Morgan fingerprint density at radius 3 is 1.80 bits per heavy atom. The minimum absolute atomic E-state index is 0.00447. The quantitative estimate of drug-likeness (QED) is 0.0169. The number of carboxylic acids is 2. The van der Waals surface area contributed by atoms with Gasteiger partial charge in [-0.1, -0.05) is 42.5 Å². The number of phenols is 1. The summed E-state index contributed by atoms with van der Waals surface area (Å²) in [5, 5.41) is 58.9. The van der Waals surface area contributed by atoms with Crippen molar-refractivity contribution in [2.45, 2.75) is 138 Å². The van der Waals surface area contributed by atoms with Crippen molar-refractivity contribution in [3.63, 3.8) is 0 Å². The van der Waals surface area contributed by atoms with E-state index in [0.29, 0.717) is 24.0 Å². The molecule has 474 valence electrons. The number of carboxylic acid groups (broad SMARTS) is 2. The number of aromatic hydroxyl groups is 1. The van der Waals surface area contributed by atoms with Crippen LogP contribution in [-0.2, 0) is 70.4 Å². The van der Waals surface area contributed by atoms with E-state index in [0.717, 1.165) is 4.90 Å². The van der Waals surface area contributed by atoms with Gasteiger partial charge in [-0.05, 0) is 106 Å². The lowest BCUT2D eigenvalue weighted by molar-refractivity contribution is -0.143. The molecular formula is C54H81N15O16S. The number of unbranched alkanes of at least 4 members (excludes halogenated alkanes) is 1. The van der Waals surface area contributed by atoms with E-state index >= 15 is 0 Å². The lowest BCUT2D eigenvalue weighted by Crippen LogP contribution is -2.61. The molecule has 10 amide bonds. The molecule has 86 heavy (non-hydrogen) atoms. The van der Waals surface area contributed by atoms with Crippen molar-refractivity contribution in [1.29, 1.82) is 0 Å². The Labute approximate surface area is 500 Å². The molecule has 1 aliphatic heterocycles. The van der Waals surface area contributed by atoms with Crippen molar-refractivity contribution in [2.75, 3.05) is 44.8 Å². The molecule has 32 heteroatoms. The monoisotopic (exact) mass is 1230 g/mol. The predicted molar refractivity (Wildman–Crippen MR) is 312 cm³/mol. The maximum Gasteiger partial charge on any atom is 0.326 e. The number of nitrogens with zero attached hydrogens (tertiary/aromatic N) is 2. The molecule has 2 aromatic carbocycles. The summed E-state index contributed by atoms with van der Waals surface area (Å²) < 4.78 is 0. The lowest BCUT2D eigenvalue weighted by Gasteiger charge is -2.30. The highest BCUT2D eigenvalue weighted by atomic mass is 32.2. The number of aliphatic hydroxyl groups is 1. The second-order valence-corrected chi connectivity index (χ2v) is 21.2.